The number of hydrogen-bond donors (Lipinski definition) is 2. The predicted octanol–water partition coefficient (Wildman–Crippen LogP) is 4.11. The molecule has 3 N–H and O–H groups in total. The Morgan fingerprint density at radius 1 is 1.10 bits per heavy atom. The van der Waals surface area contributed by atoms with Gasteiger partial charge >= 0.3 is 0 Å². The second-order valence-electron chi connectivity index (χ2n) is 3.90. The average Bonchev–Trinajstić information content (AvgIpc) is 2.35. The van der Waals surface area contributed by atoms with Crippen molar-refractivity contribution in [3.8, 4) is 0 Å². The van der Waals surface area contributed by atoms with E-state index in [0.29, 0.717) is 0 Å². The summed E-state index contributed by atoms with van der Waals surface area (Å²) in [5.41, 5.74) is 5.20. The molecule has 104 valence electrons. The van der Waals surface area contributed by atoms with Crippen LogP contribution in [0.4, 0.5) is 20.2 Å². The highest BCUT2D eigenvalue weighted by molar-refractivity contribution is 6.39. The van der Waals surface area contributed by atoms with Gasteiger partial charge in [0, 0.05) is 5.69 Å². The summed E-state index contributed by atoms with van der Waals surface area (Å²) < 4.78 is 26.9. The molecule has 20 heavy (non-hydrogen) atoms. The van der Waals surface area contributed by atoms with Gasteiger partial charge in [0.25, 0.3) is 5.91 Å². The summed E-state index contributed by atoms with van der Waals surface area (Å²) in [6.07, 6.45) is 0. The quantitative estimate of drug-likeness (QED) is 0.819. The molecule has 0 aliphatic carbocycles. The van der Waals surface area contributed by atoms with Crippen LogP contribution in [0.2, 0.25) is 10.0 Å². The Morgan fingerprint density at radius 2 is 1.60 bits per heavy atom. The zero-order valence-electron chi connectivity index (χ0n) is 9.88. The molecule has 2 rings (SSSR count). The number of anilines is 2. The molecule has 0 unspecified atom stereocenters. The highest BCUT2D eigenvalue weighted by atomic mass is 35.5. The Morgan fingerprint density at radius 3 is 2.10 bits per heavy atom. The first-order chi connectivity index (χ1) is 9.40. The molecule has 0 bridgehead atoms. The lowest BCUT2D eigenvalue weighted by atomic mass is 10.1. The van der Waals surface area contributed by atoms with Crippen LogP contribution in [-0.4, -0.2) is 5.91 Å². The van der Waals surface area contributed by atoms with E-state index in [2.05, 4.69) is 5.32 Å². The van der Waals surface area contributed by atoms with Crippen molar-refractivity contribution >= 4 is 40.5 Å². The lowest BCUT2D eigenvalue weighted by molar-refractivity contribution is 0.101. The van der Waals surface area contributed by atoms with Gasteiger partial charge in [0.2, 0.25) is 0 Å². The first-order valence-electron chi connectivity index (χ1n) is 5.40. The van der Waals surface area contributed by atoms with Crippen LogP contribution in [-0.2, 0) is 0 Å². The van der Waals surface area contributed by atoms with E-state index >= 15 is 0 Å². The summed E-state index contributed by atoms with van der Waals surface area (Å²) >= 11 is 11.6. The number of benzene rings is 2. The first-order valence-corrected chi connectivity index (χ1v) is 6.15. The van der Waals surface area contributed by atoms with E-state index in [1.165, 1.54) is 18.2 Å². The molecule has 0 aliphatic rings. The van der Waals surface area contributed by atoms with Gasteiger partial charge in [0.05, 0.1) is 15.7 Å². The Balaban J connectivity index is 2.33. The molecule has 0 spiro atoms. The Labute approximate surface area is 123 Å². The van der Waals surface area contributed by atoms with E-state index in [4.69, 9.17) is 28.9 Å². The maximum absolute atomic E-state index is 13.5. The number of carbonyl (C=O) groups excluding carboxylic acids is 1. The molecule has 0 heterocycles. The van der Waals surface area contributed by atoms with E-state index in [1.54, 1.807) is 0 Å². The second-order valence-corrected chi connectivity index (χ2v) is 4.72. The Kier molecular flexibility index (Phi) is 4.11. The second kappa shape index (κ2) is 5.64. The van der Waals surface area contributed by atoms with Gasteiger partial charge in [0.15, 0.2) is 0 Å². The predicted molar refractivity (Wildman–Crippen MR) is 75.2 cm³/mol. The molecule has 7 heteroatoms. The third kappa shape index (κ3) is 2.84. The largest absolute Gasteiger partial charge is 0.396 e. The monoisotopic (exact) mass is 316 g/mol. The number of carbonyl (C=O) groups is 1. The Bertz CT molecular complexity index is 649. The highest BCUT2D eigenvalue weighted by Gasteiger charge is 2.17. The minimum Gasteiger partial charge on any atom is -0.396 e. The van der Waals surface area contributed by atoms with Crippen LogP contribution in [0.15, 0.2) is 30.3 Å². The van der Waals surface area contributed by atoms with Crippen LogP contribution in [0.5, 0.6) is 0 Å². The lowest BCUT2D eigenvalue weighted by Gasteiger charge is -2.09. The molecule has 2 aromatic carbocycles. The third-order valence-electron chi connectivity index (χ3n) is 2.53. The summed E-state index contributed by atoms with van der Waals surface area (Å²) in [4.78, 5) is 11.9. The van der Waals surface area contributed by atoms with Crippen molar-refractivity contribution < 1.29 is 13.6 Å². The number of nitrogens with two attached hydrogens (primary N) is 1. The van der Waals surface area contributed by atoms with Crippen LogP contribution >= 0.6 is 23.2 Å². The van der Waals surface area contributed by atoms with Crippen LogP contribution in [0.3, 0.4) is 0 Å². The SMILES string of the molecule is Nc1c(Cl)cc(NC(=O)c2c(F)cccc2F)cc1Cl. The molecule has 3 nitrogen and oxygen atoms in total. The van der Waals surface area contributed by atoms with Crippen molar-refractivity contribution in [2.45, 2.75) is 0 Å². The smallest absolute Gasteiger partial charge is 0.261 e. The summed E-state index contributed by atoms with van der Waals surface area (Å²) in [5, 5.41) is 2.56. The molecule has 0 aliphatic heterocycles. The average molecular weight is 317 g/mol. The van der Waals surface area contributed by atoms with Crippen molar-refractivity contribution in [2.75, 3.05) is 11.1 Å². The van der Waals surface area contributed by atoms with Gasteiger partial charge in [-0.3, -0.25) is 4.79 Å². The minimum absolute atomic E-state index is 0.127. The zero-order valence-corrected chi connectivity index (χ0v) is 11.4. The highest BCUT2D eigenvalue weighted by Crippen LogP contribution is 2.31. The van der Waals surface area contributed by atoms with Crippen molar-refractivity contribution in [2.24, 2.45) is 0 Å². The van der Waals surface area contributed by atoms with Gasteiger partial charge < -0.3 is 11.1 Å². The van der Waals surface area contributed by atoms with Crippen molar-refractivity contribution in [3.63, 3.8) is 0 Å². The molecule has 0 saturated heterocycles. The summed E-state index contributed by atoms with van der Waals surface area (Å²) in [5.74, 6) is -2.87. The van der Waals surface area contributed by atoms with Crippen molar-refractivity contribution in [1.29, 1.82) is 0 Å². The normalized spacial score (nSPS) is 10.4. The Hall–Kier alpha value is -1.85. The molecule has 1 amide bonds. The summed E-state index contributed by atoms with van der Waals surface area (Å²) in [6, 6.07) is 5.80. The molecular weight excluding hydrogens is 309 g/mol. The van der Waals surface area contributed by atoms with Gasteiger partial charge in [-0.2, -0.15) is 0 Å². The van der Waals surface area contributed by atoms with Crippen LogP contribution in [0.1, 0.15) is 10.4 Å². The molecule has 0 fully saturated rings. The molecule has 0 aromatic heterocycles. The summed E-state index contributed by atoms with van der Waals surface area (Å²) in [6.45, 7) is 0. The van der Waals surface area contributed by atoms with Crippen molar-refractivity contribution in [1.82, 2.24) is 0 Å². The summed E-state index contributed by atoms with van der Waals surface area (Å²) in [7, 11) is 0. The molecular formula is C13H8Cl2F2N2O. The third-order valence-corrected chi connectivity index (χ3v) is 3.15. The number of amides is 1. The van der Waals surface area contributed by atoms with E-state index in [0.717, 1.165) is 12.1 Å². The van der Waals surface area contributed by atoms with E-state index in [1.807, 2.05) is 0 Å². The van der Waals surface area contributed by atoms with Gasteiger partial charge in [-0.15, -0.1) is 0 Å². The van der Waals surface area contributed by atoms with E-state index in [-0.39, 0.29) is 21.4 Å². The molecule has 0 atom stereocenters. The van der Waals surface area contributed by atoms with Crippen LogP contribution in [0.25, 0.3) is 0 Å². The molecule has 0 radical (unpaired) electrons. The van der Waals surface area contributed by atoms with Gasteiger partial charge in [-0.1, -0.05) is 29.3 Å². The minimum atomic E-state index is -0.963. The maximum atomic E-state index is 13.5. The van der Waals surface area contributed by atoms with E-state index < -0.39 is 23.1 Å². The zero-order chi connectivity index (χ0) is 14.9. The topological polar surface area (TPSA) is 55.1 Å². The molecule has 2 aromatic rings. The number of halogens is 4. The number of nitrogens with one attached hydrogen (secondary N) is 1. The fraction of sp³-hybridized carbons (Fsp3) is 0. The van der Waals surface area contributed by atoms with Crippen LogP contribution in [0, 0.1) is 11.6 Å². The van der Waals surface area contributed by atoms with Gasteiger partial charge in [0.1, 0.15) is 17.2 Å². The maximum Gasteiger partial charge on any atom is 0.261 e. The number of hydrogen-bond acceptors (Lipinski definition) is 2. The van der Waals surface area contributed by atoms with Gasteiger partial charge in [-0.25, -0.2) is 8.78 Å². The molecule has 0 saturated carbocycles. The standard InChI is InChI=1S/C13H8Cl2F2N2O/c14-7-4-6(5-8(15)12(7)18)19-13(20)11-9(16)2-1-3-10(11)17/h1-5H,18H2,(H,19,20). The number of rotatable bonds is 2. The van der Waals surface area contributed by atoms with Crippen LogP contribution < -0.4 is 11.1 Å². The fourth-order valence-corrected chi connectivity index (χ4v) is 2.05. The van der Waals surface area contributed by atoms with Gasteiger partial charge in [-0.05, 0) is 24.3 Å². The fourth-order valence-electron chi connectivity index (χ4n) is 1.56. The number of nitrogen functional groups attached to an aromatic ring is 1. The first kappa shape index (κ1) is 14.6. The lowest BCUT2D eigenvalue weighted by Crippen LogP contribution is -2.16. The van der Waals surface area contributed by atoms with E-state index in [9.17, 15) is 13.6 Å². The van der Waals surface area contributed by atoms with Crippen molar-refractivity contribution in [3.05, 3.63) is 57.6 Å².